The zero-order valence-corrected chi connectivity index (χ0v) is 11.8. The average molecular weight is 313 g/mol. The molecule has 0 atom stereocenters. The Balaban J connectivity index is 2.24. The maximum atomic E-state index is 12.7. The second kappa shape index (κ2) is 6.18. The number of hydrogen-bond donors (Lipinski definition) is 1. The SMILES string of the molecule is CC(=NNc1cc(C(F)(F)F)ccc1Cl)c1ccccc1. The molecule has 6 heteroatoms. The minimum absolute atomic E-state index is 0.113. The minimum Gasteiger partial charge on any atom is -0.277 e. The lowest BCUT2D eigenvalue weighted by molar-refractivity contribution is -0.137. The van der Waals surface area contributed by atoms with E-state index in [1.807, 2.05) is 30.3 Å². The second-order valence-electron chi connectivity index (χ2n) is 4.37. The van der Waals surface area contributed by atoms with Crippen molar-refractivity contribution in [2.75, 3.05) is 5.43 Å². The molecule has 2 aromatic carbocycles. The number of nitrogens with zero attached hydrogens (tertiary/aromatic N) is 1. The van der Waals surface area contributed by atoms with E-state index < -0.39 is 11.7 Å². The van der Waals surface area contributed by atoms with Crippen molar-refractivity contribution in [3.8, 4) is 0 Å². The lowest BCUT2D eigenvalue weighted by atomic mass is 10.1. The molecule has 0 saturated carbocycles. The molecular formula is C15H12ClF3N2. The Bertz CT molecular complexity index is 652. The van der Waals surface area contributed by atoms with Crippen molar-refractivity contribution in [1.29, 1.82) is 0 Å². The highest BCUT2D eigenvalue weighted by molar-refractivity contribution is 6.33. The van der Waals surface area contributed by atoms with Crippen LogP contribution in [-0.2, 0) is 6.18 Å². The lowest BCUT2D eigenvalue weighted by Crippen LogP contribution is -2.06. The molecule has 0 aliphatic heterocycles. The molecule has 0 fully saturated rings. The largest absolute Gasteiger partial charge is 0.416 e. The monoisotopic (exact) mass is 312 g/mol. The Labute approximate surface area is 125 Å². The fraction of sp³-hybridized carbons (Fsp3) is 0.133. The van der Waals surface area contributed by atoms with E-state index in [0.717, 1.165) is 17.7 Å². The van der Waals surface area contributed by atoms with Crippen LogP contribution in [-0.4, -0.2) is 5.71 Å². The van der Waals surface area contributed by atoms with Crippen molar-refractivity contribution in [2.45, 2.75) is 13.1 Å². The first-order chi connectivity index (χ1) is 9.88. The van der Waals surface area contributed by atoms with Gasteiger partial charge < -0.3 is 0 Å². The summed E-state index contributed by atoms with van der Waals surface area (Å²) in [4.78, 5) is 0. The van der Waals surface area contributed by atoms with Gasteiger partial charge in [0.25, 0.3) is 0 Å². The molecule has 0 aromatic heterocycles. The first-order valence-electron chi connectivity index (χ1n) is 6.10. The molecular weight excluding hydrogens is 301 g/mol. The number of anilines is 1. The van der Waals surface area contributed by atoms with Gasteiger partial charge in [0.1, 0.15) is 0 Å². The van der Waals surface area contributed by atoms with E-state index >= 15 is 0 Å². The first-order valence-corrected chi connectivity index (χ1v) is 6.48. The van der Waals surface area contributed by atoms with Crippen molar-refractivity contribution < 1.29 is 13.2 Å². The highest BCUT2D eigenvalue weighted by atomic mass is 35.5. The van der Waals surface area contributed by atoms with Gasteiger partial charge in [-0.15, -0.1) is 0 Å². The van der Waals surface area contributed by atoms with Crippen LogP contribution in [0.15, 0.2) is 53.6 Å². The Morgan fingerprint density at radius 1 is 1.10 bits per heavy atom. The molecule has 21 heavy (non-hydrogen) atoms. The summed E-state index contributed by atoms with van der Waals surface area (Å²) < 4.78 is 38.0. The molecule has 0 unspecified atom stereocenters. The first kappa shape index (κ1) is 15.4. The van der Waals surface area contributed by atoms with Crippen LogP contribution in [0.2, 0.25) is 5.02 Å². The topological polar surface area (TPSA) is 24.4 Å². The Hall–Kier alpha value is -2.01. The minimum atomic E-state index is -4.42. The summed E-state index contributed by atoms with van der Waals surface area (Å²) in [5.41, 5.74) is 3.43. The van der Waals surface area contributed by atoms with E-state index in [9.17, 15) is 13.2 Å². The number of nitrogens with one attached hydrogen (secondary N) is 1. The van der Waals surface area contributed by atoms with Crippen molar-refractivity contribution in [2.24, 2.45) is 5.10 Å². The van der Waals surface area contributed by atoms with Gasteiger partial charge >= 0.3 is 6.18 Å². The molecule has 110 valence electrons. The summed E-state index contributed by atoms with van der Waals surface area (Å²) in [5.74, 6) is 0. The maximum absolute atomic E-state index is 12.7. The molecule has 1 N–H and O–H groups in total. The molecule has 2 nitrogen and oxygen atoms in total. The molecule has 2 aromatic rings. The number of alkyl halides is 3. The van der Waals surface area contributed by atoms with Crippen LogP contribution < -0.4 is 5.43 Å². The summed E-state index contributed by atoms with van der Waals surface area (Å²) in [7, 11) is 0. The van der Waals surface area contributed by atoms with Gasteiger partial charge in [-0.3, -0.25) is 5.43 Å². The van der Waals surface area contributed by atoms with E-state index in [1.165, 1.54) is 6.07 Å². The highest BCUT2D eigenvalue weighted by Crippen LogP contribution is 2.33. The maximum Gasteiger partial charge on any atom is 0.416 e. The van der Waals surface area contributed by atoms with Gasteiger partial charge in [0.15, 0.2) is 0 Å². The number of rotatable bonds is 3. The number of hydrazone groups is 1. The van der Waals surface area contributed by atoms with Crippen LogP contribution in [0.3, 0.4) is 0 Å². The van der Waals surface area contributed by atoms with Gasteiger partial charge in [-0.2, -0.15) is 18.3 Å². The van der Waals surface area contributed by atoms with Gasteiger partial charge in [0, 0.05) is 0 Å². The summed E-state index contributed by atoms with van der Waals surface area (Å²) in [6, 6.07) is 12.3. The van der Waals surface area contributed by atoms with Crippen molar-refractivity contribution in [3.63, 3.8) is 0 Å². The molecule has 0 aliphatic carbocycles. The van der Waals surface area contributed by atoms with E-state index in [2.05, 4.69) is 10.5 Å². The molecule has 0 bridgehead atoms. The van der Waals surface area contributed by atoms with Crippen molar-refractivity contribution in [3.05, 3.63) is 64.7 Å². The fourth-order valence-electron chi connectivity index (χ4n) is 1.68. The molecule has 0 aliphatic rings. The summed E-state index contributed by atoms with van der Waals surface area (Å²) >= 11 is 5.88. The van der Waals surface area contributed by atoms with Gasteiger partial charge in [-0.25, -0.2) is 0 Å². The van der Waals surface area contributed by atoms with Gasteiger partial charge in [-0.1, -0.05) is 41.9 Å². The standard InChI is InChI=1S/C15H12ClF3N2/c1-10(11-5-3-2-4-6-11)20-21-14-9-12(15(17,18)19)7-8-13(14)16/h2-9,21H,1H3. The summed E-state index contributed by atoms with van der Waals surface area (Å²) in [5, 5.41) is 4.24. The predicted molar refractivity (Wildman–Crippen MR) is 78.7 cm³/mol. The lowest BCUT2D eigenvalue weighted by Gasteiger charge is -2.10. The van der Waals surface area contributed by atoms with Crippen LogP contribution >= 0.6 is 11.6 Å². The Morgan fingerprint density at radius 3 is 2.38 bits per heavy atom. The van der Waals surface area contributed by atoms with Crippen LogP contribution in [0.4, 0.5) is 18.9 Å². The molecule has 0 radical (unpaired) electrons. The fourth-order valence-corrected chi connectivity index (χ4v) is 1.84. The van der Waals surface area contributed by atoms with E-state index in [1.54, 1.807) is 6.92 Å². The predicted octanol–water partition coefficient (Wildman–Crippen LogP) is 5.19. The zero-order valence-electron chi connectivity index (χ0n) is 11.1. The zero-order chi connectivity index (χ0) is 15.5. The van der Waals surface area contributed by atoms with E-state index in [4.69, 9.17) is 11.6 Å². The number of hydrogen-bond acceptors (Lipinski definition) is 2. The number of halogens is 4. The average Bonchev–Trinajstić information content (AvgIpc) is 2.45. The van der Waals surface area contributed by atoms with E-state index in [0.29, 0.717) is 5.71 Å². The normalized spacial score (nSPS) is 12.3. The van der Waals surface area contributed by atoms with Crippen LogP contribution in [0.5, 0.6) is 0 Å². The van der Waals surface area contributed by atoms with Gasteiger partial charge in [0.05, 0.1) is 22.0 Å². The van der Waals surface area contributed by atoms with Crippen LogP contribution in [0.25, 0.3) is 0 Å². The van der Waals surface area contributed by atoms with Gasteiger partial charge in [0.2, 0.25) is 0 Å². The molecule has 0 heterocycles. The van der Waals surface area contributed by atoms with Crippen LogP contribution in [0.1, 0.15) is 18.1 Å². The molecule has 0 saturated heterocycles. The third-order valence-corrected chi connectivity index (χ3v) is 3.16. The van der Waals surface area contributed by atoms with Crippen molar-refractivity contribution in [1.82, 2.24) is 0 Å². The summed E-state index contributed by atoms with van der Waals surface area (Å²) in [6.07, 6.45) is -4.42. The van der Waals surface area contributed by atoms with Crippen molar-refractivity contribution >= 4 is 23.0 Å². The number of benzene rings is 2. The Kier molecular flexibility index (Phi) is 4.53. The summed E-state index contributed by atoms with van der Waals surface area (Å²) in [6.45, 7) is 1.75. The second-order valence-corrected chi connectivity index (χ2v) is 4.77. The smallest absolute Gasteiger partial charge is 0.277 e. The molecule has 0 spiro atoms. The van der Waals surface area contributed by atoms with Gasteiger partial charge in [-0.05, 0) is 30.7 Å². The van der Waals surface area contributed by atoms with E-state index in [-0.39, 0.29) is 10.7 Å². The Morgan fingerprint density at radius 2 is 1.76 bits per heavy atom. The molecule has 2 rings (SSSR count). The third kappa shape index (κ3) is 3.98. The third-order valence-electron chi connectivity index (χ3n) is 2.83. The molecule has 0 amide bonds. The quantitative estimate of drug-likeness (QED) is 0.611. The highest BCUT2D eigenvalue weighted by Gasteiger charge is 2.30. The van der Waals surface area contributed by atoms with Crippen LogP contribution in [0, 0.1) is 0 Å².